The number of aliphatic imine (C=N–C) groups is 1. The Balaban J connectivity index is 0.00000924. The molecular weight excluding hydrogens is 580 g/mol. The van der Waals surface area contributed by atoms with E-state index in [9.17, 15) is 23.1 Å². The minimum atomic E-state index is -4.95. The number of carbonyl (C=O) groups excluding carboxylic acids is 1. The predicted molar refractivity (Wildman–Crippen MR) is 147 cm³/mol. The van der Waals surface area contributed by atoms with Crippen LogP contribution in [0.15, 0.2) is 35.2 Å². The third-order valence-electron chi connectivity index (χ3n) is 4.05. The third kappa shape index (κ3) is 12.6. The topological polar surface area (TPSA) is 65.0 Å². The van der Waals surface area contributed by atoms with Gasteiger partial charge in [0.2, 0.25) is 5.84 Å². The zero-order valence-corrected chi connectivity index (χ0v) is 25.3. The molecule has 5 nitrogen and oxygen atoms in total. The number of amides is 1. The van der Waals surface area contributed by atoms with E-state index in [2.05, 4.69) is 130 Å². The van der Waals surface area contributed by atoms with Crippen LogP contribution < -0.4 is 66.1 Å². The molecule has 0 unspecified atom stereocenters. The second kappa shape index (κ2) is 19.4. The van der Waals surface area contributed by atoms with Crippen LogP contribution in [0.5, 0.6) is 5.75 Å². The van der Waals surface area contributed by atoms with Crippen LogP contribution in [0.25, 0.3) is 0 Å². The van der Waals surface area contributed by atoms with E-state index < -0.39 is 23.6 Å². The van der Waals surface area contributed by atoms with Gasteiger partial charge < -0.3 is 9.84 Å². The number of hydrogen-bond donors (Lipinski definition) is 0. The predicted octanol–water partition coefficient (Wildman–Crippen LogP) is -1.49. The molecule has 1 heterocycles. The standard InChI is InChI=1S/C34H9F3N2O3.K/c1-3-4-5-6-7-8-9-10-11-12-13-14-15-16-17-18-19-20-21-22-25-42-29-23-24-31(28(2)26-29)39-32(41)30(27-40)38-33(39)34(35,36)37;/h1,23-24,26-27,40H,2H3;/q;+1/p-1/b30-27+;. The molecule has 0 aromatic heterocycles. The monoisotopic (exact) mass is 588 g/mol. The number of halogens is 3. The van der Waals surface area contributed by atoms with Crippen LogP contribution in [0.2, 0.25) is 0 Å². The Labute approximate surface area is 289 Å². The maximum atomic E-state index is 13.3. The van der Waals surface area contributed by atoms with Crippen LogP contribution in [0, 0.1) is 138 Å². The van der Waals surface area contributed by atoms with Crippen LogP contribution in [0.3, 0.4) is 0 Å². The molecule has 1 aromatic rings. The van der Waals surface area contributed by atoms with E-state index >= 15 is 0 Å². The molecule has 0 aliphatic carbocycles. The molecule has 0 N–H and O–H groups in total. The molecule has 0 saturated carbocycles. The molecule has 0 radical (unpaired) electrons. The number of anilines is 1. The largest absolute Gasteiger partial charge is 1.00 e. The minimum Gasteiger partial charge on any atom is -0.876 e. The van der Waals surface area contributed by atoms with Gasteiger partial charge >= 0.3 is 57.6 Å². The Morgan fingerprint density at radius 1 is 0.814 bits per heavy atom. The zero-order chi connectivity index (χ0) is 30.6. The number of terminal acetylenes is 1. The van der Waals surface area contributed by atoms with E-state index in [0.29, 0.717) is 4.90 Å². The van der Waals surface area contributed by atoms with Gasteiger partial charge in [-0.15, -0.1) is 12.7 Å². The summed E-state index contributed by atoms with van der Waals surface area (Å²) in [5.41, 5.74) is -0.728. The third-order valence-corrected chi connectivity index (χ3v) is 4.05. The molecule has 43 heavy (non-hydrogen) atoms. The number of nitrogens with zero attached hydrogens (tertiary/aromatic N) is 2. The Morgan fingerprint density at radius 3 is 1.65 bits per heavy atom. The van der Waals surface area contributed by atoms with Gasteiger partial charge in [-0.05, 0) is 78.0 Å². The van der Waals surface area contributed by atoms with Gasteiger partial charge in [-0.2, -0.15) is 13.2 Å². The van der Waals surface area contributed by atoms with E-state index in [1.807, 2.05) is 0 Å². The summed E-state index contributed by atoms with van der Waals surface area (Å²) < 4.78 is 45.1. The van der Waals surface area contributed by atoms with Crippen molar-refractivity contribution in [1.82, 2.24) is 0 Å². The second-order valence-corrected chi connectivity index (χ2v) is 6.75. The molecule has 194 valence electrons. The number of ether oxygens (including phenoxy) is 1. The summed E-state index contributed by atoms with van der Waals surface area (Å²) in [5, 5.41) is 10.9. The summed E-state index contributed by atoms with van der Waals surface area (Å²) in [5.74, 6) is 45.7. The summed E-state index contributed by atoms with van der Waals surface area (Å²) in [6.07, 6.45) is 2.23. The van der Waals surface area contributed by atoms with Crippen molar-refractivity contribution < 1.29 is 79.2 Å². The van der Waals surface area contributed by atoms with Crippen molar-refractivity contribution in [3.8, 4) is 137 Å². The average Bonchev–Trinajstić information content (AvgIpc) is 3.30. The fourth-order valence-corrected chi connectivity index (χ4v) is 2.53. The van der Waals surface area contributed by atoms with Gasteiger partial charge in [0.1, 0.15) is 17.6 Å². The molecule has 9 heteroatoms. The van der Waals surface area contributed by atoms with Gasteiger partial charge in [-0.1, -0.05) is 0 Å². The number of carbonyl (C=O) groups is 1. The maximum absolute atomic E-state index is 13.3. The number of rotatable bonds is 2. The van der Waals surface area contributed by atoms with Gasteiger partial charge in [-0.25, -0.2) is 4.99 Å². The molecule has 1 aliphatic rings. The molecular formula is C34H8F3KN2O3. The number of amidine groups is 1. The fraction of sp³-hybridized carbons (Fsp3) is 0.0588. The molecule has 1 aliphatic heterocycles. The normalized spacial score (nSPS) is 10.4. The molecule has 0 fully saturated rings. The molecule has 0 spiro atoms. The average molecular weight is 589 g/mol. The van der Waals surface area contributed by atoms with E-state index in [0.717, 1.165) is 0 Å². The summed E-state index contributed by atoms with van der Waals surface area (Å²) in [6, 6.07) is 3.86. The van der Waals surface area contributed by atoms with E-state index in [-0.39, 0.29) is 74.6 Å². The SMILES string of the molecule is C#CC#CC#CC#CC#CC#CC#CC#CC#CC#CC#COc1ccc(N2C(=O)/C(=C\[O-])N=C2C(F)(F)F)c(C)c1.[K+]. The molecule has 2 rings (SSSR count). The first-order chi connectivity index (χ1) is 20.3. The van der Waals surface area contributed by atoms with Gasteiger partial charge in [0.25, 0.3) is 5.91 Å². The van der Waals surface area contributed by atoms with Gasteiger partial charge in [0.05, 0.1) is 5.69 Å². The summed E-state index contributed by atoms with van der Waals surface area (Å²) in [7, 11) is 0. The summed E-state index contributed by atoms with van der Waals surface area (Å²) in [6.45, 7) is 1.45. The summed E-state index contributed by atoms with van der Waals surface area (Å²) >= 11 is 0. The minimum absolute atomic E-state index is 0. The molecule has 0 atom stereocenters. The summed E-state index contributed by atoms with van der Waals surface area (Å²) in [4.78, 5) is 15.7. The van der Waals surface area contributed by atoms with Crippen LogP contribution in [0.1, 0.15) is 5.56 Å². The van der Waals surface area contributed by atoms with E-state index in [1.54, 1.807) is 0 Å². The van der Waals surface area contributed by atoms with Crippen molar-refractivity contribution in [3.05, 3.63) is 35.7 Å². The van der Waals surface area contributed by atoms with Crippen molar-refractivity contribution >= 4 is 17.4 Å². The van der Waals surface area contributed by atoms with Crippen molar-refractivity contribution in [1.29, 1.82) is 0 Å². The Hall–Kier alpha value is -5.71. The fourth-order valence-electron chi connectivity index (χ4n) is 2.53. The quantitative estimate of drug-likeness (QED) is 0.183. The van der Waals surface area contributed by atoms with E-state index in [4.69, 9.17) is 11.2 Å². The smallest absolute Gasteiger partial charge is 0.876 e. The van der Waals surface area contributed by atoms with Crippen LogP contribution in [0.4, 0.5) is 18.9 Å². The van der Waals surface area contributed by atoms with Crippen molar-refractivity contribution in [2.24, 2.45) is 4.99 Å². The first-order valence-electron chi connectivity index (χ1n) is 10.8. The first-order valence-corrected chi connectivity index (χ1v) is 10.8. The van der Waals surface area contributed by atoms with Crippen molar-refractivity contribution in [2.75, 3.05) is 4.90 Å². The van der Waals surface area contributed by atoms with Gasteiger partial charge in [-0.3, -0.25) is 9.69 Å². The number of benzene rings is 1. The second-order valence-electron chi connectivity index (χ2n) is 6.75. The number of aryl methyl sites for hydroxylation is 1. The maximum Gasteiger partial charge on any atom is 1.00 e. The number of alkyl halides is 3. The van der Waals surface area contributed by atoms with Crippen molar-refractivity contribution in [2.45, 2.75) is 13.1 Å². The molecule has 1 amide bonds. The molecule has 1 aromatic carbocycles. The van der Waals surface area contributed by atoms with Crippen molar-refractivity contribution in [3.63, 3.8) is 0 Å². The number of hydrogen-bond acceptors (Lipinski definition) is 4. The first kappa shape index (κ1) is 35.3. The van der Waals surface area contributed by atoms with E-state index in [1.165, 1.54) is 25.1 Å². The Kier molecular flexibility index (Phi) is 15.9. The zero-order valence-electron chi connectivity index (χ0n) is 22.1. The van der Waals surface area contributed by atoms with Crippen LogP contribution >= 0.6 is 0 Å². The van der Waals surface area contributed by atoms with Gasteiger partial charge in [0.15, 0.2) is 0 Å². The van der Waals surface area contributed by atoms with Gasteiger partial charge in [0, 0.05) is 71.0 Å². The Morgan fingerprint density at radius 2 is 1.26 bits per heavy atom. The van der Waals surface area contributed by atoms with Crippen LogP contribution in [-0.2, 0) is 4.79 Å². The molecule has 0 bridgehead atoms. The Bertz CT molecular complexity index is 2070. The van der Waals surface area contributed by atoms with Crippen LogP contribution in [-0.4, -0.2) is 17.9 Å². The molecule has 0 saturated heterocycles.